The van der Waals surface area contributed by atoms with Crippen molar-refractivity contribution in [2.24, 2.45) is 7.05 Å². The van der Waals surface area contributed by atoms with Crippen LogP contribution in [-0.2, 0) is 24.7 Å². The number of anilines is 1. The van der Waals surface area contributed by atoms with E-state index >= 15 is 0 Å². The first-order valence-electron chi connectivity index (χ1n) is 4.51. The summed E-state index contributed by atoms with van der Waals surface area (Å²) < 4.78 is 1.76. The molecule has 0 bridgehead atoms. The van der Waals surface area contributed by atoms with E-state index in [2.05, 4.69) is 10.4 Å². The molecule has 0 saturated heterocycles. The Morgan fingerprint density at radius 3 is 3.00 bits per heavy atom. The van der Waals surface area contributed by atoms with Gasteiger partial charge in [0.2, 0.25) is 5.91 Å². The van der Waals surface area contributed by atoms with E-state index in [0.717, 1.165) is 30.8 Å². The second-order valence-electron chi connectivity index (χ2n) is 3.43. The number of aromatic nitrogens is 2. The van der Waals surface area contributed by atoms with Crippen molar-refractivity contribution in [3.05, 3.63) is 11.3 Å². The molecule has 1 N–H and O–H groups in total. The lowest BCUT2D eigenvalue weighted by molar-refractivity contribution is -0.114. The van der Waals surface area contributed by atoms with Crippen molar-refractivity contribution in [1.29, 1.82) is 0 Å². The molecule has 1 heterocycles. The molecule has 1 aromatic rings. The summed E-state index contributed by atoms with van der Waals surface area (Å²) in [6.45, 7) is 1.52. The minimum absolute atomic E-state index is 0.0299. The van der Waals surface area contributed by atoms with Crippen LogP contribution in [0.3, 0.4) is 0 Å². The first-order valence-corrected chi connectivity index (χ1v) is 4.51. The smallest absolute Gasteiger partial charge is 0.222 e. The average Bonchev–Trinajstić information content (AvgIpc) is 2.55. The summed E-state index contributed by atoms with van der Waals surface area (Å²) in [6, 6.07) is 0. The van der Waals surface area contributed by atoms with Gasteiger partial charge in [0, 0.05) is 19.5 Å². The van der Waals surface area contributed by atoms with Gasteiger partial charge in [-0.05, 0) is 19.3 Å². The number of amides is 1. The van der Waals surface area contributed by atoms with Crippen molar-refractivity contribution in [2.75, 3.05) is 5.32 Å². The maximum atomic E-state index is 10.9. The monoisotopic (exact) mass is 179 g/mol. The molecule has 1 aliphatic rings. The van der Waals surface area contributed by atoms with Gasteiger partial charge >= 0.3 is 0 Å². The molecule has 1 aliphatic carbocycles. The SMILES string of the molecule is CC(=O)Nc1c2c(nn1C)CCC2. The Labute approximate surface area is 76.9 Å². The summed E-state index contributed by atoms with van der Waals surface area (Å²) >= 11 is 0. The molecule has 0 aromatic carbocycles. The van der Waals surface area contributed by atoms with Crippen molar-refractivity contribution in [1.82, 2.24) is 9.78 Å². The number of aryl methyl sites for hydroxylation is 2. The molecule has 0 radical (unpaired) electrons. The fraction of sp³-hybridized carbons (Fsp3) is 0.556. The van der Waals surface area contributed by atoms with Crippen LogP contribution < -0.4 is 5.32 Å². The van der Waals surface area contributed by atoms with Gasteiger partial charge in [-0.15, -0.1) is 0 Å². The van der Waals surface area contributed by atoms with Crippen LogP contribution in [-0.4, -0.2) is 15.7 Å². The number of carbonyl (C=O) groups is 1. The van der Waals surface area contributed by atoms with E-state index in [1.807, 2.05) is 7.05 Å². The van der Waals surface area contributed by atoms with E-state index in [9.17, 15) is 4.79 Å². The minimum atomic E-state index is -0.0299. The van der Waals surface area contributed by atoms with E-state index < -0.39 is 0 Å². The van der Waals surface area contributed by atoms with Gasteiger partial charge in [0.05, 0.1) is 5.69 Å². The maximum Gasteiger partial charge on any atom is 0.222 e. The molecule has 2 rings (SSSR count). The molecule has 0 unspecified atom stereocenters. The number of nitrogens with zero attached hydrogens (tertiary/aromatic N) is 2. The number of hydrogen-bond donors (Lipinski definition) is 1. The Morgan fingerprint density at radius 2 is 2.31 bits per heavy atom. The lowest BCUT2D eigenvalue weighted by Crippen LogP contribution is -2.11. The number of hydrogen-bond acceptors (Lipinski definition) is 2. The van der Waals surface area contributed by atoms with Gasteiger partial charge in [-0.1, -0.05) is 0 Å². The molecule has 0 fully saturated rings. The molecule has 1 aromatic heterocycles. The van der Waals surface area contributed by atoms with Crippen LogP contribution in [0.4, 0.5) is 5.82 Å². The largest absolute Gasteiger partial charge is 0.311 e. The van der Waals surface area contributed by atoms with Crippen LogP contribution in [0.5, 0.6) is 0 Å². The highest BCUT2D eigenvalue weighted by atomic mass is 16.1. The fourth-order valence-electron chi connectivity index (χ4n) is 1.84. The predicted octanol–water partition coefficient (Wildman–Crippen LogP) is 0.867. The summed E-state index contributed by atoms with van der Waals surface area (Å²) in [5.41, 5.74) is 2.36. The molecular formula is C9H13N3O. The van der Waals surface area contributed by atoms with Crippen molar-refractivity contribution < 1.29 is 4.79 Å². The Bertz CT molecular complexity index is 354. The quantitative estimate of drug-likeness (QED) is 0.695. The van der Waals surface area contributed by atoms with E-state index in [1.54, 1.807) is 4.68 Å². The Balaban J connectivity index is 2.38. The van der Waals surface area contributed by atoms with Gasteiger partial charge in [0.1, 0.15) is 5.82 Å². The van der Waals surface area contributed by atoms with Gasteiger partial charge in [0.25, 0.3) is 0 Å². The number of fused-ring (bicyclic) bond motifs is 1. The van der Waals surface area contributed by atoms with Gasteiger partial charge in [-0.2, -0.15) is 5.10 Å². The van der Waals surface area contributed by atoms with E-state index in [0.29, 0.717) is 0 Å². The molecule has 13 heavy (non-hydrogen) atoms. The number of carbonyl (C=O) groups excluding carboxylic acids is 1. The Morgan fingerprint density at radius 1 is 1.54 bits per heavy atom. The standard InChI is InChI=1S/C9H13N3O/c1-6(13)10-9-7-4-3-5-8(7)11-12(9)2/h3-5H2,1-2H3,(H,10,13). The second-order valence-corrected chi connectivity index (χ2v) is 3.43. The second kappa shape index (κ2) is 2.87. The highest BCUT2D eigenvalue weighted by Gasteiger charge is 2.20. The zero-order chi connectivity index (χ0) is 9.42. The van der Waals surface area contributed by atoms with Crippen LogP contribution in [0.15, 0.2) is 0 Å². The van der Waals surface area contributed by atoms with Gasteiger partial charge in [-0.25, -0.2) is 0 Å². The third kappa shape index (κ3) is 1.32. The molecular weight excluding hydrogens is 166 g/mol. The molecule has 0 saturated carbocycles. The summed E-state index contributed by atoms with van der Waals surface area (Å²) in [6.07, 6.45) is 3.24. The average molecular weight is 179 g/mol. The van der Waals surface area contributed by atoms with Crippen LogP contribution in [0.2, 0.25) is 0 Å². The zero-order valence-corrected chi connectivity index (χ0v) is 7.92. The van der Waals surface area contributed by atoms with Crippen molar-refractivity contribution in [3.63, 3.8) is 0 Å². The molecule has 0 atom stereocenters. The van der Waals surface area contributed by atoms with Crippen molar-refractivity contribution in [2.45, 2.75) is 26.2 Å². The third-order valence-electron chi connectivity index (χ3n) is 2.36. The highest BCUT2D eigenvalue weighted by molar-refractivity contribution is 5.88. The molecule has 1 amide bonds. The van der Waals surface area contributed by atoms with Crippen LogP contribution in [0, 0.1) is 0 Å². The topological polar surface area (TPSA) is 46.9 Å². The summed E-state index contributed by atoms with van der Waals surface area (Å²) in [4.78, 5) is 10.9. The zero-order valence-electron chi connectivity index (χ0n) is 7.92. The predicted molar refractivity (Wildman–Crippen MR) is 49.5 cm³/mol. The third-order valence-corrected chi connectivity index (χ3v) is 2.36. The lowest BCUT2D eigenvalue weighted by atomic mass is 10.2. The van der Waals surface area contributed by atoms with E-state index in [4.69, 9.17) is 0 Å². The lowest BCUT2D eigenvalue weighted by Gasteiger charge is -2.03. The van der Waals surface area contributed by atoms with Crippen LogP contribution >= 0.6 is 0 Å². The first-order chi connectivity index (χ1) is 6.18. The normalized spacial score (nSPS) is 14.3. The fourth-order valence-corrected chi connectivity index (χ4v) is 1.84. The van der Waals surface area contributed by atoms with Crippen molar-refractivity contribution >= 4 is 11.7 Å². The van der Waals surface area contributed by atoms with E-state index in [1.165, 1.54) is 12.5 Å². The molecule has 4 nitrogen and oxygen atoms in total. The summed E-state index contributed by atoms with van der Waals surface area (Å²) in [5.74, 6) is 0.845. The van der Waals surface area contributed by atoms with Gasteiger partial charge in [-0.3, -0.25) is 9.48 Å². The minimum Gasteiger partial charge on any atom is -0.311 e. The number of nitrogens with one attached hydrogen (secondary N) is 1. The summed E-state index contributed by atoms with van der Waals surface area (Å²) in [7, 11) is 1.86. The van der Waals surface area contributed by atoms with E-state index in [-0.39, 0.29) is 5.91 Å². The Hall–Kier alpha value is -1.32. The van der Waals surface area contributed by atoms with Crippen LogP contribution in [0.25, 0.3) is 0 Å². The first kappa shape index (κ1) is 8.29. The van der Waals surface area contributed by atoms with Crippen molar-refractivity contribution in [3.8, 4) is 0 Å². The van der Waals surface area contributed by atoms with Crippen LogP contribution in [0.1, 0.15) is 24.6 Å². The van der Waals surface area contributed by atoms with Gasteiger partial charge in [0.15, 0.2) is 0 Å². The molecule has 4 heteroatoms. The number of rotatable bonds is 1. The van der Waals surface area contributed by atoms with Gasteiger partial charge < -0.3 is 5.32 Å². The molecule has 0 aliphatic heterocycles. The maximum absolute atomic E-state index is 10.9. The summed E-state index contributed by atoms with van der Waals surface area (Å²) in [5, 5.41) is 7.16. The Kier molecular flexibility index (Phi) is 1.83. The molecule has 0 spiro atoms. The highest BCUT2D eigenvalue weighted by Crippen LogP contribution is 2.27. The molecule has 70 valence electrons.